The van der Waals surface area contributed by atoms with Crippen LogP contribution in [0.25, 0.3) is 0 Å². The van der Waals surface area contributed by atoms with Gasteiger partial charge in [0.05, 0.1) is 6.54 Å². The molecular weight excluding hydrogens is 256 g/mol. The van der Waals surface area contributed by atoms with Crippen LogP contribution in [0, 0.1) is 6.92 Å². The van der Waals surface area contributed by atoms with Crippen molar-refractivity contribution in [1.82, 2.24) is 20.5 Å². The Morgan fingerprint density at radius 3 is 2.95 bits per heavy atom. The zero-order valence-electron chi connectivity index (χ0n) is 11.5. The van der Waals surface area contributed by atoms with Crippen molar-refractivity contribution < 1.29 is 9.59 Å². The van der Waals surface area contributed by atoms with Gasteiger partial charge in [0, 0.05) is 18.9 Å². The average molecular weight is 274 g/mol. The first-order valence-corrected chi connectivity index (χ1v) is 6.86. The molecule has 2 aliphatic rings. The van der Waals surface area contributed by atoms with E-state index in [1.165, 1.54) is 4.90 Å². The topological polar surface area (TPSA) is 74.3 Å². The molecule has 0 saturated carbocycles. The first-order valence-electron chi connectivity index (χ1n) is 6.86. The van der Waals surface area contributed by atoms with Gasteiger partial charge < -0.3 is 10.6 Å². The van der Waals surface area contributed by atoms with Crippen molar-refractivity contribution in [1.29, 1.82) is 0 Å². The van der Waals surface area contributed by atoms with Gasteiger partial charge in [-0.3, -0.25) is 14.7 Å². The number of imide groups is 1. The molecule has 1 aromatic heterocycles. The standard InChI is InChI=1S/C14H18N4O2/c1-10-5-11(7-16-6-10)8-18-12(19)14(17-13(18)20)3-2-4-15-9-14/h5-7,15H,2-4,8-9H2,1H3,(H,17,20). The molecule has 0 bridgehead atoms. The van der Waals surface area contributed by atoms with Crippen molar-refractivity contribution in [3.8, 4) is 0 Å². The van der Waals surface area contributed by atoms with E-state index in [1.54, 1.807) is 12.4 Å². The predicted molar refractivity (Wildman–Crippen MR) is 72.9 cm³/mol. The van der Waals surface area contributed by atoms with Gasteiger partial charge in [-0.2, -0.15) is 0 Å². The molecule has 20 heavy (non-hydrogen) atoms. The number of pyridine rings is 1. The van der Waals surface area contributed by atoms with Crippen molar-refractivity contribution in [3.05, 3.63) is 29.6 Å². The van der Waals surface area contributed by atoms with Gasteiger partial charge in [-0.15, -0.1) is 0 Å². The Kier molecular flexibility index (Phi) is 3.17. The van der Waals surface area contributed by atoms with E-state index in [1.807, 2.05) is 13.0 Å². The highest BCUT2D eigenvalue weighted by Crippen LogP contribution is 2.26. The number of piperidine rings is 1. The molecule has 6 heteroatoms. The number of aryl methyl sites for hydroxylation is 1. The highest BCUT2D eigenvalue weighted by Gasteiger charge is 2.51. The van der Waals surface area contributed by atoms with Crippen LogP contribution in [0.15, 0.2) is 18.5 Å². The molecule has 2 aliphatic heterocycles. The lowest BCUT2D eigenvalue weighted by Crippen LogP contribution is -2.57. The summed E-state index contributed by atoms with van der Waals surface area (Å²) >= 11 is 0. The van der Waals surface area contributed by atoms with E-state index < -0.39 is 5.54 Å². The number of carbonyl (C=O) groups excluding carboxylic acids is 2. The van der Waals surface area contributed by atoms with Gasteiger partial charge in [0.15, 0.2) is 0 Å². The van der Waals surface area contributed by atoms with E-state index in [2.05, 4.69) is 15.6 Å². The lowest BCUT2D eigenvalue weighted by Gasteiger charge is -2.31. The first-order chi connectivity index (χ1) is 9.61. The van der Waals surface area contributed by atoms with Gasteiger partial charge in [-0.1, -0.05) is 6.07 Å². The number of carbonyl (C=O) groups is 2. The third-order valence-electron chi connectivity index (χ3n) is 3.90. The summed E-state index contributed by atoms with van der Waals surface area (Å²) < 4.78 is 0. The van der Waals surface area contributed by atoms with Gasteiger partial charge in [-0.25, -0.2) is 4.79 Å². The number of aromatic nitrogens is 1. The molecule has 1 atom stereocenters. The number of hydrogen-bond donors (Lipinski definition) is 2. The Hall–Kier alpha value is -1.95. The molecule has 3 heterocycles. The van der Waals surface area contributed by atoms with Crippen molar-refractivity contribution in [3.63, 3.8) is 0 Å². The second-order valence-corrected chi connectivity index (χ2v) is 5.55. The molecule has 1 spiro atoms. The summed E-state index contributed by atoms with van der Waals surface area (Å²) in [5, 5.41) is 6.05. The van der Waals surface area contributed by atoms with Crippen molar-refractivity contribution in [2.75, 3.05) is 13.1 Å². The number of urea groups is 1. The molecule has 1 aromatic rings. The maximum absolute atomic E-state index is 12.6. The largest absolute Gasteiger partial charge is 0.325 e. The van der Waals surface area contributed by atoms with Crippen LogP contribution in [0.2, 0.25) is 0 Å². The molecule has 106 valence electrons. The molecule has 0 aromatic carbocycles. The van der Waals surface area contributed by atoms with E-state index in [-0.39, 0.29) is 18.5 Å². The first kappa shape index (κ1) is 13.1. The van der Waals surface area contributed by atoms with Crippen molar-refractivity contribution in [2.24, 2.45) is 0 Å². The molecule has 1 unspecified atom stereocenters. The average Bonchev–Trinajstić information content (AvgIpc) is 2.64. The molecule has 2 N–H and O–H groups in total. The zero-order valence-corrected chi connectivity index (χ0v) is 11.5. The van der Waals surface area contributed by atoms with Crippen LogP contribution in [0.1, 0.15) is 24.0 Å². The van der Waals surface area contributed by atoms with E-state index >= 15 is 0 Å². The van der Waals surface area contributed by atoms with Crippen LogP contribution in [-0.4, -0.2) is 40.5 Å². The third-order valence-corrected chi connectivity index (χ3v) is 3.90. The fourth-order valence-corrected chi connectivity index (χ4v) is 2.90. The molecular formula is C14H18N4O2. The Bertz CT molecular complexity index is 552. The summed E-state index contributed by atoms with van der Waals surface area (Å²) in [6.45, 7) is 3.63. The second kappa shape index (κ2) is 4.86. The zero-order chi connectivity index (χ0) is 14.2. The highest BCUT2D eigenvalue weighted by molar-refractivity contribution is 6.07. The molecule has 2 fully saturated rings. The maximum Gasteiger partial charge on any atom is 0.325 e. The van der Waals surface area contributed by atoms with E-state index in [0.717, 1.165) is 24.1 Å². The summed E-state index contributed by atoms with van der Waals surface area (Å²) in [4.78, 5) is 30.1. The monoisotopic (exact) mass is 274 g/mol. The minimum absolute atomic E-state index is 0.129. The minimum Gasteiger partial charge on any atom is -0.322 e. The van der Waals surface area contributed by atoms with Crippen LogP contribution in [0.4, 0.5) is 4.79 Å². The number of hydrogen-bond acceptors (Lipinski definition) is 4. The van der Waals surface area contributed by atoms with Gasteiger partial charge in [0.25, 0.3) is 5.91 Å². The Morgan fingerprint density at radius 2 is 2.25 bits per heavy atom. The van der Waals surface area contributed by atoms with Crippen LogP contribution in [0.5, 0.6) is 0 Å². The number of rotatable bonds is 2. The molecule has 0 aliphatic carbocycles. The molecule has 6 nitrogen and oxygen atoms in total. The quantitative estimate of drug-likeness (QED) is 0.773. The van der Waals surface area contributed by atoms with Crippen molar-refractivity contribution in [2.45, 2.75) is 31.8 Å². The summed E-state index contributed by atoms with van der Waals surface area (Å²) in [7, 11) is 0. The molecule has 3 amide bonds. The summed E-state index contributed by atoms with van der Waals surface area (Å²) in [5.41, 5.74) is 1.14. The molecule has 0 radical (unpaired) electrons. The smallest absolute Gasteiger partial charge is 0.322 e. The van der Waals surface area contributed by atoms with Crippen molar-refractivity contribution >= 4 is 11.9 Å². The van der Waals surface area contributed by atoms with Crippen LogP contribution in [-0.2, 0) is 11.3 Å². The van der Waals surface area contributed by atoms with Crippen LogP contribution in [0.3, 0.4) is 0 Å². The Morgan fingerprint density at radius 1 is 1.40 bits per heavy atom. The molecule has 2 saturated heterocycles. The lowest BCUT2D eigenvalue weighted by atomic mass is 9.90. The summed E-state index contributed by atoms with van der Waals surface area (Å²) in [6, 6.07) is 1.64. The predicted octanol–water partition coefficient (Wildman–Crippen LogP) is 0.564. The number of nitrogens with zero attached hydrogens (tertiary/aromatic N) is 2. The van der Waals surface area contributed by atoms with E-state index in [9.17, 15) is 9.59 Å². The number of amides is 3. The van der Waals surface area contributed by atoms with Gasteiger partial charge in [-0.05, 0) is 37.4 Å². The Balaban J connectivity index is 1.80. The Labute approximate surface area is 117 Å². The SMILES string of the molecule is Cc1cncc(CN2C(=O)NC3(CCCNC3)C2=O)c1. The van der Waals surface area contributed by atoms with Crippen LogP contribution < -0.4 is 10.6 Å². The third kappa shape index (κ3) is 2.16. The summed E-state index contributed by atoms with van der Waals surface area (Å²) in [5.74, 6) is -0.129. The fourth-order valence-electron chi connectivity index (χ4n) is 2.90. The van der Waals surface area contributed by atoms with Gasteiger partial charge >= 0.3 is 6.03 Å². The van der Waals surface area contributed by atoms with Crippen LogP contribution >= 0.6 is 0 Å². The minimum atomic E-state index is -0.743. The molecule has 3 rings (SSSR count). The normalized spacial score (nSPS) is 26.1. The van der Waals surface area contributed by atoms with Gasteiger partial charge in [0.1, 0.15) is 5.54 Å². The fraction of sp³-hybridized carbons (Fsp3) is 0.500. The second-order valence-electron chi connectivity index (χ2n) is 5.55. The van der Waals surface area contributed by atoms with Gasteiger partial charge in [0.2, 0.25) is 0 Å². The number of nitrogens with one attached hydrogen (secondary N) is 2. The van der Waals surface area contributed by atoms with E-state index in [4.69, 9.17) is 0 Å². The summed E-state index contributed by atoms with van der Waals surface area (Å²) in [6.07, 6.45) is 5.04. The maximum atomic E-state index is 12.6. The highest BCUT2D eigenvalue weighted by atomic mass is 16.2. The van der Waals surface area contributed by atoms with E-state index in [0.29, 0.717) is 13.0 Å². The lowest BCUT2D eigenvalue weighted by molar-refractivity contribution is -0.132.